The summed E-state index contributed by atoms with van der Waals surface area (Å²) >= 11 is 6.35. The number of fused-ring (bicyclic) bond motifs is 1. The topological polar surface area (TPSA) is 46.9 Å². The molecule has 3 rings (SSSR count). The van der Waals surface area contributed by atoms with Crippen LogP contribution >= 0.6 is 11.6 Å². The molecule has 2 aromatic carbocycles. The van der Waals surface area contributed by atoms with Crippen molar-refractivity contribution in [1.82, 2.24) is 14.9 Å². The van der Waals surface area contributed by atoms with Gasteiger partial charge in [-0.25, -0.2) is 4.98 Å². The zero-order chi connectivity index (χ0) is 18.4. The minimum Gasteiger partial charge on any atom is -0.356 e. The Morgan fingerprint density at radius 1 is 1.15 bits per heavy atom. The van der Waals surface area contributed by atoms with Crippen molar-refractivity contribution in [1.29, 1.82) is 0 Å². The van der Waals surface area contributed by atoms with Crippen LogP contribution in [0.2, 0.25) is 5.02 Å². The van der Waals surface area contributed by atoms with Crippen molar-refractivity contribution in [2.45, 2.75) is 39.2 Å². The summed E-state index contributed by atoms with van der Waals surface area (Å²) in [5.41, 5.74) is 3.18. The molecule has 0 aliphatic carbocycles. The lowest BCUT2D eigenvalue weighted by Gasteiger charge is -2.11. The zero-order valence-electron chi connectivity index (χ0n) is 15.0. The first kappa shape index (κ1) is 18.5. The smallest absolute Gasteiger partial charge is 0.219 e. The van der Waals surface area contributed by atoms with Crippen LogP contribution in [0.4, 0.5) is 0 Å². The summed E-state index contributed by atoms with van der Waals surface area (Å²) in [5.74, 6) is 1.15. The number of carbonyl (C=O) groups excluding carboxylic acids is 1. The number of amides is 1. The van der Waals surface area contributed by atoms with Crippen molar-refractivity contribution in [3.05, 3.63) is 64.9 Å². The van der Waals surface area contributed by atoms with Gasteiger partial charge < -0.3 is 9.88 Å². The lowest BCUT2D eigenvalue weighted by atomic mass is 10.2. The van der Waals surface area contributed by atoms with Gasteiger partial charge in [0.05, 0.1) is 17.6 Å². The molecule has 3 aromatic rings. The Bertz CT molecular complexity index is 888. The van der Waals surface area contributed by atoms with E-state index >= 15 is 0 Å². The van der Waals surface area contributed by atoms with Crippen molar-refractivity contribution in [2.75, 3.05) is 6.54 Å². The molecule has 0 spiro atoms. The van der Waals surface area contributed by atoms with Crippen LogP contribution in [0, 0.1) is 0 Å². The zero-order valence-corrected chi connectivity index (χ0v) is 15.8. The Labute approximate surface area is 159 Å². The van der Waals surface area contributed by atoms with Gasteiger partial charge in [0.25, 0.3) is 0 Å². The molecule has 0 saturated heterocycles. The lowest BCUT2D eigenvalue weighted by molar-refractivity contribution is -0.121. The van der Waals surface area contributed by atoms with Crippen LogP contribution in [0.15, 0.2) is 48.5 Å². The second-order valence-corrected chi connectivity index (χ2v) is 6.81. The van der Waals surface area contributed by atoms with Gasteiger partial charge in [0.15, 0.2) is 0 Å². The van der Waals surface area contributed by atoms with Crippen LogP contribution in [0.3, 0.4) is 0 Å². The van der Waals surface area contributed by atoms with Gasteiger partial charge in [0, 0.05) is 24.4 Å². The minimum absolute atomic E-state index is 0.122. The van der Waals surface area contributed by atoms with Crippen molar-refractivity contribution in [3.8, 4) is 0 Å². The molecule has 1 heterocycles. The van der Waals surface area contributed by atoms with Gasteiger partial charge in [0.2, 0.25) is 5.91 Å². The molecule has 0 atom stereocenters. The molecule has 0 aliphatic rings. The largest absolute Gasteiger partial charge is 0.356 e. The molecular weight excluding hydrogens is 346 g/mol. The molecular formula is C21H24ClN3O. The highest BCUT2D eigenvalue weighted by molar-refractivity contribution is 6.31. The van der Waals surface area contributed by atoms with Crippen LogP contribution in [0.25, 0.3) is 11.0 Å². The second kappa shape index (κ2) is 8.86. The lowest BCUT2D eigenvalue weighted by Crippen LogP contribution is -2.24. The summed E-state index contributed by atoms with van der Waals surface area (Å²) in [6.45, 7) is 3.38. The van der Waals surface area contributed by atoms with Crippen LogP contribution < -0.4 is 5.32 Å². The molecule has 0 aliphatic heterocycles. The highest BCUT2D eigenvalue weighted by Crippen LogP contribution is 2.22. The number of imidazole rings is 1. The third-order valence-electron chi connectivity index (χ3n) is 4.40. The Hall–Kier alpha value is -2.33. The van der Waals surface area contributed by atoms with E-state index in [2.05, 4.69) is 16.0 Å². The van der Waals surface area contributed by atoms with Gasteiger partial charge in [-0.15, -0.1) is 0 Å². The number of aryl methyl sites for hydroxylation is 1. The molecule has 1 N–H and O–H groups in total. The van der Waals surface area contributed by atoms with E-state index in [0.717, 1.165) is 46.7 Å². The number of nitrogens with one attached hydrogen (secondary N) is 1. The van der Waals surface area contributed by atoms with Crippen molar-refractivity contribution >= 4 is 28.5 Å². The fourth-order valence-corrected chi connectivity index (χ4v) is 3.27. The molecule has 5 heteroatoms. The van der Waals surface area contributed by atoms with E-state index in [1.54, 1.807) is 0 Å². The summed E-state index contributed by atoms with van der Waals surface area (Å²) in [5, 5.41) is 3.74. The highest BCUT2D eigenvalue weighted by Gasteiger charge is 2.12. The molecule has 1 aromatic heterocycles. The summed E-state index contributed by atoms with van der Waals surface area (Å²) in [7, 11) is 0. The molecule has 136 valence electrons. The predicted octanol–water partition coefficient (Wildman–Crippen LogP) is 4.59. The first-order valence-corrected chi connectivity index (χ1v) is 9.51. The van der Waals surface area contributed by atoms with Gasteiger partial charge in [0.1, 0.15) is 5.82 Å². The Kier molecular flexibility index (Phi) is 6.29. The molecule has 0 radical (unpaired) electrons. The summed E-state index contributed by atoms with van der Waals surface area (Å²) in [6, 6.07) is 16.1. The van der Waals surface area contributed by atoms with Gasteiger partial charge >= 0.3 is 0 Å². The molecule has 0 bridgehead atoms. The van der Waals surface area contributed by atoms with E-state index in [9.17, 15) is 4.79 Å². The number of hydrogen-bond acceptors (Lipinski definition) is 2. The average molecular weight is 370 g/mol. The third-order valence-corrected chi connectivity index (χ3v) is 4.77. The SMILES string of the molecule is CCCC(=O)NCCCc1nc2ccccc2n1Cc1ccccc1Cl. The Morgan fingerprint density at radius 3 is 2.73 bits per heavy atom. The maximum atomic E-state index is 11.6. The summed E-state index contributed by atoms with van der Waals surface area (Å²) < 4.78 is 2.23. The van der Waals surface area contributed by atoms with Crippen LogP contribution in [0.5, 0.6) is 0 Å². The standard InChI is InChI=1S/C21H24ClN3O/c1-2-8-21(26)23-14-7-13-20-24-18-11-5-6-12-19(18)25(20)15-16-9-3-4-10-17(16)22/h3-6,9-12H,2,7-8,13-15H2,1H3,(H,23,26). The number of rotatable bonds is 8. The maximum Gasteiger partial charge on any atom is 0.219 e. The molecule has 4 nitrogen and oxygen atoms in total. The number of carbonyl (C=O) groups is 1. The number of nitrogens with zero attached hydrogens (tertiary/aromatic N) is 2. The predicted molar refractivity (Wildman–Crippen MR) is 107 cm³/mol. The van der Waals surface area contributed by atoms with Gasteiger partial charge in [-0.05, 0) is 36.6 Å². The number of aromatic nitrogens is 2. The molecule has 0 saturated carbocycles. The van der Waals surface area contributed by atoms with Gasteiger partial charge in [-0.1, -0.05) is 48.9 Å². The quantitative estimate of drug-likeness (QED) is 0.590. The Balaban J connectivity index is 1.77. The first-order chi connectivity index (χ1) is 12.7. The molecule has 1 amide bonds. The second-order valence-electron chi connectivity index (χ2n) is 6.40. The average Bonchev–Trinajstić information content (AvgIpc) is 2.98. The number of benzene rings is 2. The first-order valence-electron chi connectivity index (χ1n) is 9.13. The number of halogens is 1. The van der Waals surface area contributed by atoms with Gasteiger partial charge in [-0.3, -0.25) is 4.79 Å². The normalized spacial score (nSPS) is 11.0. The maximum absolute atomic E-state index is 11.6. The van der Waals surface area contributed by atoms with E-state index in [1.807, 2.05) is 49.4 Å². The van der Waals surface area contributed by atoms with Crippen LogP contribution in [-0.4, -0.2) is 22.0 Å². The van der Waals surface area contributed by atoms with Crippen molar-refractivity contribution in [3.63, 3.8) is 0 Å². The summed E-state index contributed by atoms with van der Waals surface area (Å²) in [6.07, 6.45) is 3.14. The monoisotopic (exact) mass is 369 g/mol. The molecule has 0 unspecified atom stereocenters. The van der Waals surface area contributed by atoms with E-state index in [0.29, 0.717) is 19.5 Å². The van der Waals surface area contributed by atoms with Crippen molar-refractivity contribution < 1.29 is 4.79 Å². The third kappa shape index (κ3) is 4.44. The van der Waals surface area contributed by atoms with E-state index in [1.165, 1.54) is 0 Å². The van der Waals surface area contributed by atoms with Crippen molar-refractivity contribution in [2.24, 2.45) is 0 Å². The van der Waals surface area contributed by atoms with Crippen LogP contribution in [0.1, 0.15) is 37.6 Å². The molecule has 0 fully saturated rings. The van der Waals surface area contributed by atoms with E-state index in [-0.39, 0.29) is 5.91 Å². The molecule has 26 heavy (non-hydrogen) atoms. The number of hydrogen-bond donors (Lipinski definition) is 1. The van der Waals surface area contributed by atoms with E-state index in [4.69, 9.17) is 16.6 Å². The minimum atomic E-state index is 0.122. The fraction of sp³-hybridized carbons (Fsp3) is 0.333. The fourth-order valence-electron chi connectivity index (χ4n) is 3.08. The van der Waals surface area contributed by atoms with Gasteiger partial charge in [-0.2, -0.15) is 0 Å². The highest BCUT2D eigenvalue weighted by atomic mass is 35.5. The number of para-hydroxylation sites is 2. The summed E-state index contributed by atoms with van der Waals surface area (Å²) in [4.78, 5) is 16.4. The van der Waals surface area contributed by atoms with E-state index < -0.39 is 0 Å². The van der Waals surface area contributed by atoms with Crippen LogP contribution in [-0.2, 0) is 17.8 Å². The Morgan fingerprint density at radius 2 is 1.92 bits per heavy atom.